The standard InChI is InChI=1S/C27H42NPS/c1-24(2,28-25(3,4)21-27(7,8)30-9)20-26(5,6)29(22-16-12-10-13-17-22)23-18-14-11-15-19-23/h10-19,28H,20-21H2,1-9H3. The summed E-state index contributed by atoms with van der Waals surface area (Å²) in [7, 11) is -0.474. The number of thioether (sulfide) groups is 1. The van der Waals surface area contributed by atoms with Gasteiger partial charge in [-0.2, -0.15) is 11.8 Å². The Morgan fingerprint density at radius 1 is 0.667 bits per heavy atom. The summed E-state index contributed by atoms with van der Waals surface area (Å²) in [6.07, 6.45) is 4.47. The van der Waals surface area contributed by atoms with Crippen LogP contribution < -0.4 is 15.9 Å². The normalized spacial score (nSPS) is 13.7. The second-order valence-electron chi connectivity index (χ2n) is 11.0. The van der Waals surface area contributed by atoms with Crippen LogP contribution >= 0.6 is 19.7 Å². The quantitative estimate of drug-likeness (QED) is 0.398. The molecule has 2 aromatic carbocycles. The van der Waals surface area contributed by atoms with Gasteiger partial charge in [0.2, 0.25) is 0 Å². The zero-order valence-electron chi connectivity index (χ0n) is 20.5. The van der Waals surface area contributed by atoms with Crippen molar-refractivity contribution in [2.24, 2.45) is 0 Å². The van der Waals surface area contributed by atoms with Crippen molar-refractivity contribution in [1.82, 2.24) is 5.32 Å². The molecule has 2 aromatic rings. The number of hydrogen-bond acceptors (Lipinski definition) is 2. The molecule has 2 rings (SSSR count). The predicted molar refractivity (Wildman–Crippen MR) is 141 cm³/mol. The average molecular weight is 444 g/mol. The van der Waals surface area contributed by atoms with Gasteiger partial charge in [0.15, 0.2) is 0 Å². The highest BCUT2D eigenvalue weighted by molar-refractivity contribution is 7.99. The van der Waals surface area contributed by atoms with Crippen LogP contribution in [0.1, 0.15) is 68.2 Å². The van der Waals surface area contributed by atoms with E-state index in [0.29, 0.717) is 0 Å². The Balaban J connectivity index is 2.30. The molecule has 0 spiro atoms. The smallest absolute Gasteiger partial charge is 0.0143 e. The van der Waals surface area contributed by atoms with E-state index < -0.39 is 7.92 Å². The van der Waals surface area contributed by atoms with E-state index >= 15 is 0 Å². The van der Waals surface area contributed by atoms with Crippen LogP contribution in [-0.4, -0.2) is 27.2 Å². The molecule has 0 bridgehead atoms. The van der Waals surface area contributed by atoms with Crippen LogP contribution in [0.2, 0.25) is 0 Å². The van der Waals surface area contributed by atoms with Crippen LogP contribution in [-0.2, 0) is 0 Å². The van der Waals surface area contributed by atoms with Crippen LogP contribution in [0.3, 0.4) is 0 Å². The van der Waals surface area contributed by atoms with Gasteiger partial charge >= 0.3 is 0 Å². The van der Waals surface area contributed by atoms with Crippen molar-refractivity contribution < 1.29 is 0 Å². The number of rotatable bonds is 10. The fourth-order valence-electron chi connectivity index (χ4n) is 5.30. The van der Waals surface area contributed by atoms with Crippen molar-refractivity contribution >= 4 is 30.3 Å². The summed E-state index contributed by atoms with van der Waals surface area (Å²) in [6, 6.07) is 22.2. The first-order valence-corrected chi connectivity index (χ1v) is 13.6. The van der Waals surface area contributed by atoms with E-state index in [1.807, 2.05) is 11.8 Å². The largest absolute Gasteiger partial charge is 0.307 e. The van der Waals surface area contributed by atoms with Gasteiger partial charge in [0.1, 0.15) is 0 Å². The SMILES string of the molecule is CSC(C)(C)CC(C)(C)NC(C)(C)CC(C)(C)P(c1ccccc1)c1ccccc1. The first-order valence-electron chi connectivity index (χ1n) is 11.0. The summed E-state index contributed by atoms with van der Waals surface area (Å²) in [5, 5.41) is 7.11. The highest BCUT2D eigenvalue weighted by Gasteiger charge is 2.40. The zero-order valence-corrected chi connectivity index (χ0v) is 22.3. The van der Waals surface area contributed by atoms with Crippen LogP contribution in [0.5, 0.6) is 0 Å². The molecule has 0 heterocycles. The summed E-state index contributed by atoms with van der Waals surface area (Å²) >= 11 is 1.96. The maximum Gasteiger partial charge on any atom is 0.0143 e. The molecule has 0 unspecified atom stereocenters. The third-order valence-electron chi connectivity index (χ3n) is 5.61. The van der Waals surface area contributed by atoms with Gasteiger partial charge in [0.05, 0.1) is 0 Å². The molecule has 0 aliphatic carbocycles. The monoisotopic (exact) mass is 443 g/mol. The van der Waals surface area contributed by atoms with Gasteiger partial charge in [0, 0.05) is 15.8 Å². The van der Waals surface area contributed by atoms with Crippen molar-refractivity contribution in [2.75, 3.05) is 6.26 Å². The lowest BCUT2D eigenvalue weighted by Gasteiger charge is -2.46. The second kappa shape index (κ2) is 9.76. The third-order valence-corrected chi connectivity index (χ3v) is 9.85. The summed E-state index contributed by atoms with van der Waals surface area (Å²) in [6.45, 7) is 19.1. The molecule has 0 saturated heterocycles. The molecule has 0 atom stereocenters. The number of hydrogen-bond donors (Lipinski definition) is 1. The predicted octanol–water partition coefficient (Wildman–Crippen LogP) is 6.97. The lowest BCUT2D eigenvalue weighted by Crippen LogP contribution is -2.56. The van der Waals surface area contributed by atoms with Crippen molar-refractivity contribution in [3.05, 3.63) is 60.7 Å². The second-order valence-corrected chi connectivity index (χ2v) is 15.5. The van der Waals surface area contributed by atoms with E-state index in [-0.39, 0.29) is 21.0 Å². The minimum Gasteiger partial charge on any atom is -0.307 e. The van der Waals surface area contributed by atoms with Gasteiger partial charge in [0.25, 0.3) is 0 Å². The van der Waals surface area contributed by atoms with E-state index in [0.717, 1.165) is 12.8 Å². The first kappa shape index (κ1) is 25.4. The van der Waals surface area contributed by atoms with Crippen LogP contribution in [0.25, 0.3) is 0 Å². The van der Waals surface area contributed by atoms with Gasteiger partial charge in [-0.05, 0) is 70.5 Å². The van der Waals surface area contributed by atoms with Crippen molar-refractivity contribution in [2.45, 2.75) is 89.2 Å². The van der Waals surface area contributed by atoms with Gasteiger partial charge in [-0.1, -0.05) is 88.4 Å². The molecule has 0 amide bonds. The molecule has 1 N–H and O–H groups in total. The lowest BCUT2D eigenvalue weighted by atomic mass is 9.85. The molecule has 0 radical (unpaired) electrons. The molecular weight excluding hydrogens is 401 g/mol. The third kappa shape index (κ3) is 7.40. The van der Waals surface area contributed by atoms with E-state index in [1.54, 1.807) is 0 Å². The molecule has 0 saturated carbocycles. The van der Waals surface area contributed by atoms with Crippen molar-refractivity contribution in [3.63, 3.8) is 0 Å². The van der Waals surface area contributed by atoms with Gasteiger partial charge in [-0.3, -0.25) is 0 Å². The highest BCUT2D eigenvalue weighted by atomic mass is 32.2. The minimum absolute atomic E-state index is 0.0334. The fraction of sp³-hybridized carbons (Fsp3) is 0.556. The Labute approximate surface area is 191 Å². The Morgan fingerprint density at radius 3 is 1.47 bits per heavy atom. The maximum atomic E-state index is 4.03. The average Bonchev–Trinajstić information content (AvgIpc) is 2.60. The Hall–Kier alpha value is -0.820. The van der Waals surface area contributed by atoms with Crippen LogP contribution in [0, 0.1) is 0 Å². The molecule has 30 heavy (non-hydrogen) atoms. The number of nitrogens with one attached hydrogen (secondary N) is 1. The molecule has 0 aliphatic rings. The molecule has 0 fully saturated rings. The summed E-state index contributed by atoms with van der Waals surface area (Å²) in [4.78, 5) is 0. The van der Waals surface area contributed by atoms with Gasteiger partial charge < -0.3 is 5.32 Å². The first-order chi connectivity index (χ1) is 13.8. The van der Waals surface area contributed by atoms with E-state index in [1.165, 1.54) is 10.6 Å². The topological polar surface area (TPSA) is 12.0 Å². The van der Waals surface area contributed by atoms with E-state index in [9.17, 15) is 0 Å². The molecule has 0 aliphatic heterocycles. The van der Waals surface area contributed by atoms with Crippen LogP contribution in [0.4, 0.5) is 0 Å². The molecule has 166 valence electrons. The van der Waals surface area contributed by atoms with E-state index in [2.05, 4.69) is 128 Å². The molecule has 0 aromatic heterocycles. The van der Waals surface area contributed by atoms with E-state index in [4.69, 9.17) is 0 Å². The van der Waals surface area contributed by atoms with Crippen molar-refractivity contribution in [3.8, 4) is 0 Å². The highest BCUT2D eigenvalue weighted by Crippen LogP contribution is 2.51. The molecule has 3 heteroatoms. The summed E-state index contributed by atoms with van der Waals surface area (Å²) in [5.41, 5.74) is 0.111. The fourth-order valence-corrected chi connectivity index (χ4v) is 9.00. The summed E-state index contributed by atoms with van der Waals surface area (Å²) < 4.78 is 0.267. The minimum atomic E-state index is -0.474. The molecule has 1 nitrogen and oxygen atoms in total. The summed E-state index contributed by atoms with van der Waals surface area (Å²) in [5.74, 6) is 0. The number of benzene rings is 2. The Kier molecular flexibility index (Phi) is 8.28. The Bertz CT molecular complexity index is 742. The van der Waals surface area contributed by atoms with Crippen LogP contribution in [0.15, 0.2) is 60.7 Å². The van der Waals surface area contributed by atoms with Gasteiger partial charge in [-0.15, -0.1) is 0 Å². The molecular formula is C27H42NPS. The van der Waals surface area contributed by atoms with Crippen molar-refractivity contribution in [1.29, 1.82) is 0 Å². The Morgan fingerprint density at radius 2 is 1.07 bits per heavy atom. The zero-order chi connectivity index (χ0) is 22.6. The lowest BCUT2D eigenvalue weighted by molar-refractivity contribution is 0.218. The maximum absolute atomic E-state index is 4.03. The van der Waals surface area contributed by atoms with Gasteiger partial charge in [-0.25, -0.2) is 0 Å².